The summed E-state index contributed by atoms with van der Waals surface area (Å²) < 4.78 is 24.3. The maximum atomic E-state index is 12.9. The molecule has 3 heterocycles. The summed E-state index contributed by atoms with van der Waals surface area (Å²) in [7, 11) is -3.56. The number of carbonyl (C=O) groups is 3. The fourth-order valence-electron chi connectivity index (χ4n) is 6.09. The lowest BCUT2D eigenvalue weighted by Crippen LogP contribution is -2.53. The molecule has 38 heavy (non-hydrogen) atoms. The predicted octanol–water partition coefficient (Wildman–Crippen LogP) is 4.22. The SMILES string of the molecule is CCN1C(=O)c2ccccc2S1(=O)=O.O=C1c2ccccc2NC2CC3C(=O)c4ccccc4NC3CC12. The van der Waals surface area contributed by atoms with E-state index >= 15 is 0 Å². The molecule has 0 bridgehead atoms. The molecule has 7 rings (SSSR count). The van der Waals surface area contributed by atoms with Crippen molar-refractivity contribution in [2.24, 2.45) is 11.8 Å². The summed E-state index contributed by atoms with van der Waals surface area (Å²) in [6.07, 6.45) is 1.41. The van der Waals surface area contributed by atoms with Gasteiger partial charge in [0.05, 0.1) is 5.56 Å². The normalized spacial score (nSPS) is 25.8. The quantitative estimate of drug-likeness (QED) is 0.485. The third-order valence-corrected chi connectivity index (χ3v) is 9.84. The van der Waals surface area contributed by atoms with Gasteiger partial charge in [-0.3, -0.25) is 14.4 Å². The summed E-state index contributed by atoms with van der Waals surface area (Å²) in [5.41, 5.74) is 3.63. The van der Waals surface area contributed by atoms with Gasteiger partial charge in [-0.15, -0.1) is 0 Å². The molecule has 0 spiro atoms. The summed E-state index contributed by atoms with van der Waals surface area (Å²) in [5, 5.41) is 7.01. The topological polar surface area (TPSA) is 113 Å². The van der Waals surface area contributed by atoms with Crippen LogP contribution in [0.15, 0.2) is 77.7 Å². The Hall–Kier alpha value is -3.98. The highest BCUT2D eigenvalue weighted by Crippen LogP contribution is 2.43. The van der Waals surface area contributed by atoms with Crippen LogP contribution in [0.2, 0.25) is 0 Å². The van der Waals surface area contributed by atoms with Gasteiger partial charge < -0.3 is 10.6 Å². The fourth-order valence-corrected chi connectivity index (χ4v) is 7.67. The van der Waals surface area contributed by atoms with E-state index in [1.54, 1.807) is 19.1 Å². The number of benzene rings is 3. The van der Waals surface area contributed by atoms with Crippen LogP contribution in [0.4, 0.5) is 11.4 Å². The average Bonchev–Trinajstić information content (AvgIpc) is 3.13. The molecule has 1 aliphatic carbocycles. The summed E-state index contributed by atoms with van der Waals surface area (Å²) in [6.45, 7) is 1.82. The van der Waals surface area contributed by atoms with Gasteiger partial charge in [-0.2, -0.15) is 0 Å². The van der Waals surface area contributed by atoms with Gasteiger partial charge in [-0.25, -0.2) is 12.7 Å². The number of carbonyl (C=O) groups excluding carboxylic acids is 3. The monoisotopic (exact) mass is 529 g/mol. The van der Waals surface area contributed by atoms with Crippen molar-refractivity contribution < 1.29 is 22.8 Å². The number of amides is 1. The zero-order valence-electron chi connectivity index (χ0n) is 20.8. The Morgan fingerprint density at radius 2 is 1.16 bits per heavy atom. The van der Waals surface area contributed by atoms with Gasteiger partial charge in [0.15, 0.2) is 11.6 Å². The minimum atomic E-state index is -3.56. The summed E-state index contributed by atoms with van der Waals surface area (Å²) >= 11 is 0. The number of anilines is 2. The van der Waals surface area contributed by atoms with Crippen molar-refractivity contribution in [2.45, 2.75) is 36.7 Å². The molecular weight excluding hydrogens is 502 g/mol. The van der Waals surface area contributed by atoms with Crippen molar-refractivity contribution in [3.8, 4) is 0 Å². The number of ketones is 2. The first kappa shape index (κ1) is 24.4. The number of para-hydroxylation sites is 2. The molecule has 4 atom stereocenters. The number of fused-ring (bicyclic) bond motifs is 5. The van der Waals surface area contributed by atoms with Crippen molar-refractivity contribution >= 4 is 38.9 Å². The minimum absolute atomic E-state index is 0.0460. The Kier molecular flexibility index (Phi) is 5.83. The predicted molar refractivity (Wildman–Crippen MR) is 143 cm³/mol. The molecule has 2 N–H and O–H groups in total. The van der Waals surface area contributed by atoms with Gasteiger partial charge in [0.2, 0.25) is 0 Å². The lowest BCUT2D eigenvalue weighted by Gasteiger charge is -2.46. The molecule has 8 nitrogen and oxygen atoms in total. The number of nitrogens with one attached hydrogen (secondary N) is 2. The Morgan fingerprint density at radius 1 is 0.711 bits per heavy atom. The van der Waals surface area contributed by atoms with Crippen molar-refractivity contribution in [1.29, 1.82) is 0 Å². The van der Waals surface area contributed by atoms with E-state index in [2.05, 4.69) is 10.6 Å². The smallest absolute Gasteiger partial charge is 0.268 e. The fraction of sp³-hybridized carbons (Fsp3) is 0.276. The third kappa shape index (κ3) is 3.72. The van der Waals surface area contributed by atoms with Crippen LogP contribution >= 0.6 is 0 Å². The van der Waals surface area contributed by atoms with E-state index < -0.39 is 15.9 Å². The number of Topliss-reactive ketones (excluding diaryl/α,β-unsaturated/α-hetero) is 2. The molecule has 0 saturated heterocycles. The number of hydrogen-bond acceptors (Lipinski definition) is 7. The van der Waals surface area contributed by atoms with E-state index in [0.29, 0.717) is 12.8 Å². The molecule has 9 heteroatoms. The maximum absolute atomic E-state index is 12.9. The lowest BCUT2D eigenvalue weighted by atomic mass is 9.67. The zero-order valence-corrected chi connectivity index (χ0v) is 21.6. The van der Waals surface area contributed by atoms with Crippen LogP contribution in [0.1, 0.15) is 50.8 Å². The van der Waals surface area contributed by atoms with Crippen LogP contribution < -0.4 is 10.6 Å². The number of hydrogen-bond donors (Lipinski definition) is 2. The standard InChI is InChI=1S/C20H18N2O2.C9H9NO3S/c23-19-11-5-1-3-7-15(11)21-17-10-14-18(9-13(17)19)22-16-8-4-2-6-12(16)20(14)24;1-2-10-9(11)7-5-3-4-6-8(7)14(10,12)13/h1-8,13-14,17-18,21-22H,9-10H2;3-6H,2H2,1H3. The molecule has 1 fully saturated rings. The number of sulfonamides is 1. The Balaban J connectivity index is 0.000000161. The first-order chi connectivity index (χ1) is 18.3. The van der Waals surface area contributed by atoms with E-state index in [1.807, 2.05) is 48.5 Å². The first-order valence-electron chi connectivity index (χ1n) is 12.8. The van der Waals surface area contributed by atoms with Gasteiger partial charge in [0.1, 0.15) is 4.90 Å². The molecule has 0 radical (unpaired) electrons. The Bertz CT molecular complexity index is 1510. The third-order valence-electron chi connectivity index (χ3n) is 7.93. The van der Waals surface area contributed by atoms with Crippen molar-refractivity contribution in [1.82, 2.24) is 4.31 Å². The van der Waals surface area contributed by atoms with E-state index in [1.165, 1.54) is 12.1 Å². The summed E-state index contributed by atoms with van der Waals surface area (Å²) in [6, 6.07) is 21.7. The highest BCUT2D eigenvalue weighted by atomic mass is 32.2. The van der Waals surface area contributed by atoms with Gasteiger partial charge >= 0.3 is 0 Å². The van der Waals surface area contributed by atoms with Crippen LogP contribution in [0.3, 0.4) is 0 Å². The van der Waals surface area contributed by atoms with E-state index in [4.69, 9.17) is 0 Å². The molecule has 1 saturated carbocycles. The van der Waals surface area contributed by atoms with E-state index in [9.17, 15) is 22.8 Å². The van der Waals surface area contributed by atoms with Crippen LogP contribution in [-0.4, -0.2) is 48.8 Å². The van der Waals surface area contributed by atoms with Crippen molar-refractivity contribution in [3.05, 3.63) is 89.5 Å². The van der Waals surface area contributed by atoms with Gasteiger partial charge in [-0.05, 0) is 56.2 Å². The van der Waals surface area contributed by atoms with Crippen molar-refractivity contribution in [2.75, 3.05) is 17.2 Å². The highest BCUT2D eigenvalue weighted by Gasteiger charge is 2.48. The second-order valence-corrected chi connectivity index (χ2v) is 11.8. The molecule has 4 unspecified atom stereocenters. The maximum Gasteiger partial charge on any atom is 0.268 e. The van der Waals surface area contributed by atoms with Crippen molar-refractivity contribution in [3.63, 3.8) is 0 Å². The summed E-state index contributed by atoms with van der Waals surface area (Å²) in [5.74, 6) is -0.136. The lowest BCUT2D eigenvalue weighted by molar-refractivity contribution is 0.0747. The summed E-state index contributed by atoms with van der Waals surface area (Å²) in [4.78, 5) is 37.5. The molecule has 1 amide bonds. The Labute approximate surface area is 221 Å². The first-order valence-corrected chi connectivity index (χ1v) is 14.2. The second kappa shape index (κ2) is 9.09. The van der Waals surface area contributed by atoms with Crippen LogP contribution in [0.5, 0.6) is 0 Å². The molecule has 194 valence electrons. The molecule has 3 aromatic carbocycles. The zero-order chi connectivity index (χ0) is 26.6. The van der Waals surface area contributed by atoms with E-state index in [-0.39, 0.29) is 52.5 Å². The van der Waals surface area contributed by atoms with Crippen LogP contribution in [0, 0.1) is 11.8 Å². The van der Waals surface area contributed by atoms with Gasteiger partial charge in [0.25, 0.3) is 15.9 Å². The van der Waals surface area contributed by atoms with E-state index in [0.717, 1.165) is 26.8 Å². The minimum Gasteiger partial charge on any atom is -0.381 e. The van der Waals surface area contributed by atoms with Gasteiger partial charge in [-0.1, -0.05) is 36.4 Å². The number of nitrogens with zero attached hydrogens (tertiary/aromatic N) is 1. The van der Waals surface area contributed by atoms with Crippen LogP contribution in [0.25, 0.3) is 0 Å². The Morgan fingerprint density at radius 3 is 1.63 bits per heavy atom. The molecule has 4 aliphatic rings. The number of rotatable bonds is 1. The van der Waals surface area contributed by atoms with Crippen LogP contribution in [-0.2, 0) is 10.0 Å². The molecule has 0 aromatic heterocycles. The average molecular weight is 530 g/mol. The second-order valence-electron chi connectivity index (χ2n) is 9.98. The van der Waals surface area contributed by atoms with Gasteiger partial charge in [0, 0.05) is 53.0 Å². The highest BCUT2D eigenvalue weighted by molar-refractivity contribution is 7.90. The largest absolute Gasteiger partial charge is 0.381 e. The molecule has 3 aliphatic heterocycles. The molecule has 3 aromatic rings. The molecular formula is C29H27N3O5S.